The van der Waals surface area contributed by atoms with E-state index in [4.69, 9.17) is 9.73 Å². The van der Waals surface area contributed by atoms with Crippen LogP contribution in [0, 0.1) is 0 Å². The van der Waals surface area contributed by atoms with Crippen LogP contribution in [0.25, 0.3) is 0 Å². The first-order valence-electron chi connectivity index (χ1n) is 8.57. The van der Waals surface area contributed by atoms with E-state index in [9.17, 15) is 0 Å². The topological polar surface area (TPSA) is 48.9 Å². The first-order valence-corrected chi connectivity index (χ1v) is 9.45. The lowest BCUT2D eigenvalue weighted by molar-refractivity contribution is 0.0992. The number of thiophene rings is 1. The van der Waals surface area contributed by atoms with Crippen LogP contribution >= 0.6 is 35.3 Å². The van der Waals surface area contributed by atoms with Crippen LogP contribution in [0.5, 0.6) is 0 Å². The van der Waals surface area contributed by atoms with Crippen molar-refractivity contribution in [3.63, 3.8) is 0 Å². The minimum atomic E-state index is 0. The van der Waals surface area contributed by atoms with E-state index in [1.807, 2.05) is 0 Å². The third kappa shape index (κ3) is 4.83. The molecule has 5 nitrogen and oxygen atoms in total. The van der Waals surface area contributed by atoms with Gasteiger partial charge in [-0.05, 0) is 51.7 Å². The molecule has 0 radical (unpaired) electrons. The Balaban J connectivity index is 0.00000208. The Morgan fingerprint density at radius 3 is 2.83 bits per heavy atom. The van der Waals surface area contributed by atoms with E-state index in [1.165, 1.54) is 17.7 Å². The second-order valence-electron chi connectivity index (χ2n) is 6.57. The summed E-state index contributed by atoms with van der Waals surface area (Å²) in [6, 6.07) is 5.03. The lowest BCUT2D eigenvalue weighted by Gasteiger charge is -2.25. The molecule has 2 N–H and O–H groups in total. The number of hydrogen-bond donors (Lipinski definition) is 2. The molecule has 1 aromatic heterocycles. The van der Waals surface area contributed by atoms with Crippen molar-refractivity contribution >= 4 is 41.3 Å². The molecule has 24 heavy (non-hydrogen) atoms. The van der Waals surface area contributed by atoms with Gasteiger partial charge >= 0.3 is 0 Å². The fourth-order valence-corrected chi connectivity index (χ4v) is 4.37. The van der Waals surface area contributed by atoms with E-state index >= 15 is 0 Å². The number of aliphatic imine (C=N–C) groups is 1. The highest BCUT2D eigenvalue weighted by atomic mass is 127. The summed E-state index contributed by atoms with van der Waals surface area (Å²) in [5.41, 5.74) is 0. The average Bonchev–Trinajstić information content (AvgIpc) is 3.25. The van der Waals surface area contributed by atoms with Crippen molar-refractivity contribution in [2.75, 3.05) is 27.2 Å². The van der Waals surface area contributed by atoms with Gasteiger partial charge < -0.3 is 20.3 Å². The number of halogens is 1. The van der Waals surface area contributed by atoms with Gasteiger partial charge in [-0.2, -0.15) is 0 Å². The maximum atomic E-state index is 5.93. The maximum Gasteiger partial charge on any atom is 0.191 e. The van der Waals surface area contributed by atoms with Crippen molar-refractivity contribution in [1.82, 2.24) is 15.5 Å². The Morgan fingerprint density at radius 1 is 1.46 bits per heavy atom. The first-order chi connectivity index (χ1) is 11.2. The molecule has 4 unspecified atom stereocenters. The van der Waals surface area contributed by atoms with Gasteiger partial charge in [0.1, 0.15) is 0 Å². The molecule has 0 spiro atoms. The normalized spacial score (nSPS) is 27.2. The number of nitrogens with one attached hydrogen (secondary N) is 2. The van der Waals surface area contributed by atoms with Crippen LogP contribution in [0.15, 0.2) is 22.5 Å². The third-order valence-electron chi connectivity index (χ3n) is 4.69. The number of guanidine groups is 1. The smallest absolute Gasteiger partial charge is 0.191 e. The predicted octanol–water partition coefficient (Wildman–Crippen LogP) is 2.84. The zero-order valence-electron chi connectivity index (χ0n) is 14.7. The van der Waals surface area contributed by atoms with Gasteiger partial charge in [0, 0.05) is 11.4 Å². The number of nitrogens with zero attached hydrogens (tertiary/aromatic N) is 2. The molecule has 1 aromatic rings. The zero-order chi connectivity index (χ0) is 16.2. The number of rotatable bonds is 6. The van der Waals surface area contributed by atoms with Crippen LogP contribution in [0.3, 0.4) is 0 Å². The highest BCUT2D eigenvalue weighted by molar-refractivity contribution is 14.0. The maximum absolute atomic E-state index is 5.93. The fraction of sp³-hybridized carbons (Fsp3) is 0.706. The van der Waals surface area contributed by atoms with Crippen LogP contribution in [0.2, 0.25) is 0 Å². The molecule has 2 saturated heterocycles. The summed E-state index contributed by atoms with van der Waals surface area (Å²) in [5, 5.41) is 9.09. The quantitative estimate of drug-likeness (QED) is 0.386. The molecule has 3 rings (SSSR count). The van der Waals surface area contributed by atoms with Crippen LogP contribution in [-0.2, 0) is 4.74 Å². The minimum Gasteiger partial charge on any atom is -0.373 e. The molecular formula is C17H29IN4OS. The molecule has 2 aliphatic rings. The molecule has 2 aliphatic heterocycles. The number of hydrogen-bond acceptors (Lipinski definition) is 4. The number of fused-ring (bicyclic) bond motifs is 2. The standard InChI is InChI=1S/C17H28N4OS.HI/c1-4-18-17(20-13-10-12-7-8-15(13)22-12)19-11-14(21(2)3)16-6-5-9-23-16;/h5-6,9,12-15H,4,7-8,10-11H2,1-3H3,(H2,18,19,20);1H. The molecule has 2 bridgehead atoms. The summed E-state index contributed by atoms with van der Waals surface area (Å²) in [4.78, 5) is 8.44. The Hall–Kier alpha value is -0.380. The Morgan fingerprint density at radius 2 is 2.29 bits per heavy atom. The molecule has 0 aliphatic carbocycles. The first kappa shape index (κ1) is 19.9. The van der Waals surface area contributed by atoms with Gasteiger partial charge in [-0.1, -0.05) is 6.07 Å². The van der Waals surface area contributed by atoms with Crippen molar-refractivity contribution in [1.29, 1.82) is 0 Å². The van der Waals surface area contributed by atoms with Crippen molar-refractivity contribution in [2.45, 2.75) is 50.5 Å². The van der Waals surface area contributed by atoms with Crippen LogP contribution in [-0.4, -0.2) is 56.3 Å². The van der Waals surface area contributed by atoms with E-state index in [2.05, 4.69) is 54.1 Å². The summed E-state index contributed by atoms with van der Waals surface area (Å²) in [6.45, 7) is 3.74. The molecule has 0 amide bonds. The number of likely N-dealkylation sites (N-methyl/N-ethyl adjacent to an activating group) is 1. The Kier molecular flexibility index (Phi) is 7.77. The van der Waals surface area contributed by atoms with E-state index in [0.717, 1.165) is 25.5 Å². The molecule has 0 aromatic carbocycles. The Bertz CT molecular complexity index is 523. The van der Waals surface area contributed by atoms with Crippen molar-refractivity contribution < 1.29 is 4.74 Å². The predicted molar refractivity (Wildman–Crippen MR) is 112 cm³/mol. The SMILES string of the molecule is CCNC(=NCC(c1cccs1)N(C)C)NC1CC2CCC1O2.I. The van der Waals surface area contributed by atoms with Gasteiger partial charge in [-0.15, -0.1) is 35.3 Å². The van der Waals surface area contributed by atoms with Crippen LogP contribution in [0.1, 0.15) is 37.1 Å². The van der Waals surface area contributed by atoms with Crippen molar-refractivity contribution in [3.05, 3.63) is 22.4 Å². The van der Waals surface area contributed by atoms with Gasteiger partial charge in [-0.25, -0.2) is 0 Å². The largest absolute Gasteiger partial charge is 0.373 e. The second kappa shape index (κ2) is 9.35. The lowest BCUT2D eigenvalue weighted by atomic mass is 9.96. The lowest BCUT2D eigenvalue weighted by Crippen LogP contribution is -2.47. The zero-order valence-corrected chi connectivity index (χ0v) is 17.8. The minimum absolute atomic E-state index is 0. The van der Waals surface area contributed by atoms with Crippen molar-refractivity contribution in [3.8, 4) is 0 Å². The summed E-state index contributed by atoms with van der Waals surface area (Å²) in [7, 11) is 4.23. The van der Waals surface area contributed by atoms with Gasteiger partial charge in [0.25, 0.3) is 0 Å². The van der Waals surface area contributed by atoms with Gasteiger partial charge in [0.2, 0.25) is 0 Å². The van der Waals surface area contributed by atoms with Crippen LogP contribution < -0.4 is 10.6 Å². The van der Waals surface area contributed by atoms with Gasteiger partial charge in [0.05, 0.1) is 30.8 Å². The van der Waals surface area contributed by atoms with Crippen LogP contribution in [0.4, 0.5) is 0 Å². The van der Waals surface area contributed by atoms with E-state index in [-0.39, 0.29) is 24.0 Å². The second-order valence-corrected chi connectivity index (χ2v) is 7.55. The summed E-state index contributed by atoms with van der Waals surface area (Å²) >= 11 is 1.80. The number of ether oxygens (including phenoxy) is 1. The fourth-order valence-electron chi connectivity index (χ4n) is 3.45. The molecular weight excluding hydrogens is 435 g/mol. The molecule has 3 heterocycles. The van der Waals surface area contributed by atoms with Gasteiger partial charge in [-0.3, -0.25) is 4.99 Å². The molecule has 136 valence electrons. The van der Waals surface area contributed by atoms with E-state index in [0.29, 0.717) is 24.3 Å². The highest BCUT2D eigenvalue weighted by Crippen LogP contribution is 2.34. The molecule has 4 atom stereocenters. The third-order valence-corrected chi connectivity index (χ3v) is 5.66. The molecule has 2 fully saturated rings. The average molecular weight is 464 g/mol. The Labute approximate surface area is 166 Å². The molecule has 7 heteroatoms. The summed E-state index contributed by atoms with van der Waals surface area (Å²) in [5.74, 6) is 0.914. The van der Waals surface area contributed by atoms with Crippen molar-refractivity contribution in [2.24, 2.45) is 4.99 Å². The summed E-state index contributed by atoms with van der Waals surface area (Å²) in [6.07, 6.45) is 4.33. The van der Waals surface area contributed by atoms with E-state index < -0.39 is 0 Å². The monoisotopic (exact) mass is 464 g/mol. The van der Waals surface area contributed by atoms with E-state index in [1.54, 1.807) is 11.3 Å². The summed E-state index contributed by atoms with van der Waals surface area (Å²) < 4.78 is 5.93. The molecule has 0 saturated carbocycles. The van der Waals surface area contributed by atoms with Gasteiger partial charge in [0.15, 0.2) is 5.96 Å². The highest BCUT2D eigenvalue weighted by Gasteiger charge is 2.41.